The highest BCUT2D eigenvalue weighted by Crippen LogP contribution is 2.33. The zero-order chi connectivity index (χ0) is 17.4. The molecule has 0 aliphatic heterocycles. The lowest BCUT2D eigenvalue weighted by Gasteiger charge is -2.13. The molecule has 0 amide bonds. The molecule has 0 aliphatic rings. The number of fused-ring (bicyclic) bond motifs is 1. The van der Waals surface area contributed by atoms with Gasteiger partial charge in [0.25, 0.3) is 0 Å². The zero-order valence-corrected chi connectivity index (χ0v) is 14.8. The Morgan fingerprint density at radius 3 is 2.68 bits per heavy atom. The Balaban J connectivity index is 2.02. The fraction of sp³-hybridized carbons (Fsp3) is 0.100. The van der Waals surface area contributed by atoms with Crippen molar-refractivity contribution in [2.24, 2.45) is 0 Å². The molecule has 0 fully saturated rings. The van der Waals surface area contributed by atoms with E-state index >= 15 is 0 Å². The van der Waals surface area contributed by atoms with E-state index in [0.29, 0.717) is 4.77 Å². The van der Waals surface area contributed by atoms with Gasteiger partial charge in [-0.05, 0) is 48.3 Å². The van der Waals surface area contributed by atoms with Gasteiger partial charge in [-0.1, -0.05) is 42.5 Å². The number of rotatable bonds is 3. The second-order valence-electron chi connectivity index (χ2n) is 5.89. The molecule has 0 unspecified atom stereocenters. The average molecular weight is 347 g/mol. The highest BCUT2D eigenvalue weighted by atomic mass is 32.1. The van der Waals surface area contributed by atoms with Crippen molar-refractivity contribution in [3.05, 3.63) is 71.0 Å². The molecule has 25 heavy (non-hydrogen) atoms. The topological polar surface area (TPSA) is 42.8 Å². The van der Waals surface area contributed by atoms with E-state index in [4.69, 9.17) is 17.0 Å². The van der Waals surface area contributed by atoms with E-state index in [1.54, 1.807) is 7.11 Å². The second kappa shape index (κ2) is 6.18. The van der Waals surface area contributed by atoms with E-state index in [1.165, 1.54) is 0 Å². The summed E-state index contributed by atoms with van der Waals surface area (Å²) in [5.41, 5.74) is 3.02. The minimum atomic E-state index is 0.550. The van der Waals surface area contributed by atoms with Crippen LogP contribution in [0, 0.1) is 11.7 Å². The predicted octanol–water partition coefficient (Wildman–Crippen LogP) is 5.07. The molecule has 1 aromatic heterocycles. The highest BCUT2D eigenvalue weighted by Gasteiger charge is 2.16. The monoisotopic (exact) mass is 347 g/mol. The second-order valence-corrected chi connectivity index (χ2v) is 6.28. The molecule has 4 rings (SSSR count). The van der Waals surface area contributed by atoms with Crippen LogP contribution in [0.5, 0.6) is 5.75 Å². The molecule has 4 aromatic rings. The molecule has 3 aromatic carbocycles. The van der Waals surface area contributed by atoms with Crippen molar-refractivity contribution in [1.29, 1.82) is 0 Å². The van der Waals surface area contributed by atoms with Gasteiger partial charge in [-0.15, -0.1) is 0 Å². The largest absolute Gasteiger partial charge is 0.496 e. The first-order chi connectivity index (χ1) is 12.2. The number of H-pyrrole nitrogens is 1. The average Bonchev–Trinajstić information content (AvgIpc) is 3.02. The predicted molar refractivity (Wildman–Crippen MR) is 103 cm³/mol. The minimum Gasteiger partial charge on any atom is -0.496 e. The van der Waals surface area contributed by atoms with Crippen LogP contribution >= 0.6 is 12.2 Å². The molecule has 0 saturated carbocycles. The fourth-order valence-electron chi connectivity index (χ4n) is 3.09. The lowest BCUT2D eigenvalue weighted by molar-refractivity contribution is 0.415. The molecule has 0 saturated heterocycles. The van der Waals surface area contributed by atoms with Crippen molar-refractivity contribution in [3.8, 4) is 22.8 Å². The van der Waals surface area contributed by atoms with Gasteiger partial charge in [-0.3, -0.25) is 9.67 Å². The quantitative estimate of drug-likeness (QED) is 0.526. The number of aryl methyl sites for hydroxylation is 1. The first kappa shape index (κ1) is 15.6. The van der Waals surface area contributed by atoms with Crippen molar-refractivity contribution in [2.75, 3.05) is 7.11 Å². The molecule has 5 heteroatoms. The van der Waals surface area contributed by atoms with E-state index in [-0.39, 0.29) is 0 Å². The van der Waals surface area contributed by atoms with Crippen LogP contribution in [-0.4, -0.2) is 21.9 Å². The fourth-order valence-corrected chi connectivity index (χ4v) is 3.32. The summed E-state index contributed by atoms with van der Waals surface area (Å²) < 4.78 is 8.08. The summed E-state index contributed by atoms with van der Waals surface area (Å²) >= 11 is 5.53. The van der Waals surface area contributed by atoms with E-state index in [2.05, 4.69) is 34.5 Å². The van der Waals surface area contributed by atoms with Gasteiger partial charge in [0.1, 0.15) is 5.75 Å². The third-order valence-electron chi connectivity index (χ3n) is 4.28. The number of hydrogen-bond acceptors (Lipinski definition) is 3. The molecule has 124 valence electrons. The molecule has 0 radical (unpaired) electrons. The van der Waals surface area contributed by atoms with Crippen LogP contribution in [0.3, 0.4) is 0 Å². The maximum absolute atomic E-state index is 5.57. The van der Waals surface area contributed by atoms with Crippen molar-refractivity contribution in [1.82, 2.24) is 14.8 Å². The maximum atomic E-state index is 5.57. The molecule has 0 spiro atoms. The molecule has 0 atom stereocenters. The summed E-state index contributed by atoms with van der Waals surface area (Å²) in [6, 6.07) is 20.5. The normalized spacial score (nSPS) is 11.0. The van der Waals surface area contributed by atoms with E-state index in [0.717, 1.165) is 39.2 Å². The Hall–Kier alpha value is -2.92. The van der Waals surface area contributed by atoms with Crippen LogP contribution < -0.4 is 4.74 Å². The number of nitrogens with one attached hydrogen (secondary N) is 1. The van der Waals surface area contributed by atoms with E-state index in [9.17, 15) is 0 Å². The summed E-state index contributed by atoms with van der Waals surface area (Å²) in [6.07, 6.45) is 0. The Kier molecular flexibility index (Phi) is 3.86. The van der Waals surface area contributed by atoms with Crippen molar-refractivity contribution in [2.45, 2.75) is 6.92 Å². The zero-order valence-electron chi connectivity index (χ0n) is 14.0. The standard InChI is InChI=1S/C20H17N3OS/c1-13-10-11-16(18(12-13)24-2)19-21-22-20(25)23(19)17-9-5-7-14-6-3-4-8-15(14)17/h3-12H,1-2H3,(H,22,25). The van der Waals surface area contributed by atoms with Gasteiger partial charge in [-0.2, -0.15) is 5.10 Å². The van der Waals surface area contributed by atoms with Gasteiger partial charge in [0.15, 0.2) is 10.6 Å². The Morgan fingerprint density at radius 2 is 1.84 bits per heavy atom. The first-order valence-electron chi connectivity index (χ1n) is 7.99. The van der Waals surface area contributed by atoms with Gasteiger partial charge >= 0.3 is 0 Å². The summed E-state index contributed by atoms with van der Waals surface area (Å²) in [6.45, 7) is 2.04. The van der Waals surface area contributed by atoms with Crippen LogP contribution in [0.2, 0.25) is 0 Å². The summed E-state index contributed by atoms with van der Waals surface area (Å²) in [7, 11) is 1.67. The van der Waals surface area contributed by atoms with Crippen LogP contribution in [0.1, 0.15) is 5.56 Å². The van der Waals surface area contributed by atoms with Crippen LogP contribution in [0.25, 0.3) is 27.8 Å². The molecule has 0 bridgehead atoms. The van der Waals surface area contributed by atoms with Crippen molar-refractivity contribution in [3.63, 3.8) is 0 Å². The molecule has 0 aliphatic carbocycles. The molecule has 1 N–H and O–H groups in total. The van der Waals surface area contributed by atoms with Gasteiger partial charge < -0.3 is 4.74 Å². The highest BCUT2D eigenvalue weighted by molar-refractivity contribution is 7.71. The van der Waals surface area contributed by atoms with Crippen molar-refractivity contribution < 1.29 is 4.74 Å². The summed E-state index contributed by atoms with van der Waals surface area (Å²) in [5.74, 6) is 1.51. The number of nitrogens with zero attached hydrogens (tertiary/aromatic N) is 2. The number of benzene rings is 3. The van der Waals surface area contributed by atoms with Crippen LogP contribution in [0.4, 0.5) is 0 Å². The number of aromatic amines is 1. The molecule has 1 heterocycles. The van der Waals surface area contributed by atoms with Gasteiger partial charge in [0, 0.05) is 5.39 Å². The molecule has 4 nitrogen and oxygen atoms in total. The first-order valence-corrected chi connectivity index (χ1v) is 8.40. The molecular formula is C20H17N3OS. The van der Waals surface area contributed by atoms with Gasteiger partial charge in [-0.25, -0.2) is 0 Å². The van der Waals surface area contributed by atoms with Crippen molar-refractivity contribution >= 4 is 23.0 Å². The van der Waals surface area contributed by atoms with Gasteiger partial charge in [0.2, 0.25) is 0 Å². The van der Waals surface area contributed by atoms with Crippen LogP contribution in [-0.2, 0) is 0 Å². The third kappa shape index (κ3) is 2.62. The molecular weight excluding hydrogens is 330 g/mol. The lowest BCUT2D eigenvalue weighted by Crippen LogP contribution is -2.00. The third-order valence-corrected chi connectivity index (χ3v) is 4.55. The summed E-state index contributed by atoms with van der Waals surface area (Å²) in [4.78, 5) is 0. The SMILES string of the molecule is COc1cc(C)ccc1-c1n[nH]c(=S)n1-c1cccc2ccccc12. The maximum Gasteiger partial charge on any atom is 0.200 e. The minimum absolute atomic E-state index is 0.550. The number of ether oxygens (including phenoxy) is 1. The number of aromatic nitrogens is 3. The Labute approximate surface area is 150 Å². The Bertz CT molecular complexity index is 1120. The van der Waals surface area contributed by atoms with Crippen LogP contribution in [0.15, 0.2) is 60.7 Å². The van der Waals surface area contributed by atoms with E-state index in [1.807, 2.05) is 47.9 Å². The van der Waals surface area contributed by atoms with Gasteiger partial charge in [0.05, 0.1) is 18.4 Å². The number of methoxy groups -OCH3 is 1. The summed E-state index contributed by atoms with van der Waals surface area (Å²) in [5, 5.41) is 9.68. The Morgan fingerprint density at radius 1 is 1.04 bits per heavy atom. The number of hydrogen-bond donors (Lipinski definition) is 1. The lowest BCUT2D eigenvalue weighted by atomic mass is 10.1. The van der Waals surface area contributed by atoms with E-state index < -0.39 is 0 Å². The smallest absolute Gasteiger partial charge is 0.200 e.